The molecule has 1 amide bonds. The third kappa shape index (κ3) is 5.53. The molecule has 0 unspecified atom stereocenters. The SMILES string of the molecule is O=C(CCCSc1nc(-c2ccccc2)cc(-c2ccc(Cl)cc2)n1)NO. The van der Waals surface area contributed by atoms with Crippen molar-refractivity contribution < 1.29 is 10.0 Å². The van der Waals surface area contributed by atoms with Crippen LogP contribution in [0.3, 0.4) is 0 Å². The first-order valence-electron chi connectivity index (χ1n) is 8.42. The van der Waals surface area contributed by atoms with E-state index >= 15 is 0 Å². The summed E-state index contributed by atoms with van der Waals surface area (Å²) in [6, 6.07) is 19.4. The van der Waals surface area contributed by atoms with Crippen LogP contribution in [0.2, 0.25) is 5.02 Å². The molecule has 2 N–H and O–H groups in total. The number of carbonyl (C=O) groups excluding carboxylic acids is 1. The number of rotatable bonds is 7. The molecule has 7 heteroatoms. The maximum atomic E-state index is 11.1. The van der Waals surface area contributed by atoms with Crippen molar-refractivity contribution in [3.8, 4) is 22.5 Å². The largest absolute Gasteiger partial charge is 0.289 e. The summed E-state index contributed by atoms with van der Waals surface area (Å²) in [7, 11) is 0. The van der Waals surface area contributed by atoms with E-state index in [4.69, 9.17) is 16.8 Å². The molecule has 0 aliphatic heterocycles. The molecule has 0 aliphatic rings. The van der Waals surface area contributed by atoms with Crippen molar-refractivity contribution in [2.24, 2.45) is 0 Å². The van der Waals surface area contributed by atoms with Crippen LogP contribution in [0.4, 0.5) is 0 Å². The van der Waals surface area contributed by atoms with E-state index < -0.39 is 5.91 Å². The molecule has 1 heterocycles. The van der Waals surface area contributed by atoms with E-state index in [-0.39, 0.29) is 6.42 Å². The average molecular weight is 400 g/mol. The van der Waals surface area contributed by atoms with Gasteiger partial charge in [0.15, 0.2) is 5.16 Å². The van der Waals surface area contributed by atoms with E-state index in [1.54, 1.807) is 5.48 Å². The minimum Gasteiger partial charge on any atom is -0.289 e. The molecule has 0 atom stereocenters. The average Bonchev–Trinajstić information content (AvgIpc) is 2.72. The van der Waals surface area contributed by atoms with Crippen LogP contribution in [-0.4, -0.2) is 26.8 Å². The Bertz CT molecular complexity index is 905. The first-order chi connectivity index (χ1) is 13.2. The number of aromatic nitrogens is 2. The predicted molar refractivity (Wildman–Crippen MR) is 108 cm³/mol. The van der Waals surface area contributed by atoms with Gasteiger partial charge in [-0.05, 0) is 24.6 Å². The molecule has 0 spiro atoms. The lowest BCUT2D eigenvalue weighted by Crippen LogP contribution is -2.18. The second kappa shape index (κ2) is 9.50. The molecule has 1 aromatic heterocycles. The molecule has 5 nitrogen and oxygen atoms in total. The zero-order valence-corrected chi connectivity index (χ0v) is 16.0. The van der Waals surface area contributed by atoms with Crippen LogP contribution in [0, 0.1) is 0 Å². The minimum absolute atomic E-state index is 0.256. The Kier molecular flexibility index (Phi) is 6.81. The van der Waals surface area contributed by atoms with Crippen LogP contribution in [-0.2, 0) is 4.79 Å². The van der Waals surface area contributed by atoms with Crippen LogP contribution >= 0.6 is 23.4 Å². The minimum atomic E-state index is -0.392. The van der Waals surface area contributed by atoms with Crippen LogP contribution in [0.5, 0.6) is 0 Å². The van der Waals surface area contributed by atoms with Gasteiger partial charge in [0, 0.05) is 28.3 Å². The van der Waals surface area contributed by atoms with Crippen LogP contribution < -0.4 is 5.48 Å². The molecular weight excluding hydrogens is 382 g/mol. The highest BCUT2D eigenvalue weighted by Gasteiger charge is 2.10. The Morgan fingerprint density at radius 1 is 1.00 bits per heavy atom. The third-order valence-electron chi connectivity index (χ3n) is 3.82. The van der Waals surface area contributed by atoms with Gasteiger partial charge >= 0.3 is 0 Å². The molecule has 0 saturated heterocycles. The van der Waals surface area contributed by atoms with Gasteiger partial charge in [-0.2, -0.15) is 0 Å². The van der Waals surface area contributed by atoms with Gasteiger partial charge in [0.1, 0.15) is 0 Å². The van der Waals surface area contributed by atoms with Gasteiger partial charge in [-0.1, -0.05) is 65.8 Å². The number of hydroxylamine groups is 1. The molecule has 2 aromatic carbocycles. The molecule has 0 radical (unpaired) electrons. The zero-order chi connectivity index (χ0) is 19.1. The molecule has 0 fully saturated rings. The standard InChI is InChI=1S/C20H18ClN3O2S/c21-16-10-8-15(9-11-16)18-13-17(14-5-2-1-3-6-14)22-20(23-18)27-12-4-7-19(25)24-26/h1-3,5-6,8-11,13,26H,4,7,12H2,(H,24,25). The number of thioether (sulfide) groups is 1. The highest BCUT2D eigenvalue weighted by Crippen LogP contribution is 2.28. The summed E-state index contributed by atoms with van der Waals surface area (Å²) >= 11 is 7.48. The number of hydrogen-bond acceptors (Lipinski definition) is 5. The molecule has 0 aliphatic carbocycles. The summed E-state index contributed by atoms with van der Waals surface area (Å²) in [6.45, 7) is 0. The number of nitrogens with one attached hydrogen (secondary N) is 1. The first kappa shape index (κ1) is 19.4. The normalized spacial score (nSPS) is 10.6. The fraction of sp³-hybridized carbons (Fsp3) is 0.150. The number of amides is 1. The van der Waals surface area contributed by atoms with Crippen molar-refractivity contribution in [2.45, 2.75) is 18.0 Å². The number of carbonyl (C=O) groups is 1. The van der Waals surface area contributed by atoms with Gasteiger partial charge < -0.3 is 0 Å². The summed E-state index contributed by atoms with van der Waals surface area (Å²) in [4.78, 5) is 20.4. The van der Waals surface area contributed by atoms with E-state index in [1.807, 2.05) is 60.7 Å². The lowest BCUT2D eigenvalue weighted by atomic mass is 10.1. The Balaban J connectivity index is 1.86. The maximum Gasteiger partial charge on any atom is 0.243 e. The number of halogens is 1. The monoisotopic (exact) mass is 399 g/mol. The molecular formula is C20H18ClN3O2S. The van der Waals surface area contributed by atoms with Crippen molar-refractivity contribution in [2.75, 3.05) is 5.75 Å². The molecule has 27 heavy (non-hydrogen) atoms. The fourth-order valence-electron chi connectivity index (χ4n) is 2.47. The van der Waals surface area contributed by atoms with Crippen molar-refractivity contribution >= 4 is 29.3 Å². The van der Waals surface area contributed by atoms with Crippen molar-refractivity contribution in [1.82, 2.24) is 15.4 Å². The van der Waals surface area contributed by atoms with Crippen LogP contribution in [0.1, 0.15) is 12.8 Å². The van der Waals surface area contributed by atoms with E-state index in [2.05, 4.69) is 9.97 Å². The maximum absolute atomic E-state index is 11.1. The second-order valence-electron chi connectivity index (χ2n) is 5.78. The quantitative estimate of drug-likeness (QED) is 0.195. The van der Waals surface area contributed by atoms with Gasteiger partial charge in [0.05, 0.1) is 11.4 Å². The molecule has 0 bridgehead atoms. The Morgan fingerprint density at radius 2 is 1.63 bits per heavy atom. The van der Waals surface area contributed by atoms with Gasteiger partial charge in [0.25, 0.3) is 0 Å². The molecule has 3 aromatic rings. The van der Waals surface area contributed by atoms with Gasteiger partial charge in [-0.3, -0.25) is 10.0 Å². The van der Waals surface area contributed by atoms with E-state index in [1.165, 1.54) is 11.8 Å². The smallest absolute Gasteiger partial charge is 0.243 e. The molecule has 138 valence electrons. The predicted octanol–water partition coefficient (Wildman–Crippen LogP) is 4.84. The summed E-state index contributed by atoms with van der Waals surface area (Å²) in [5, 5.41) is 9.87. The van der Waals surface area contributed by atoms with Crippen molar-refractivity contribution in [3.05, 3.63) is 65.7 Å². The highest BCUT2D eigenvalue weighted by atomic mass is 35.5. The Labute approximate surface area is 166 Å². The van der Waals surface area contributed by atoms with E-state index in [0.717, 1.165) is 22.5 Å². The van der Waals surface area contributed by atoms with Crippen LogP contribution in [0.25, 0.3) is 22.5 Å². The highest BCUT2D eigenvalue weighted by molar-refractivity contribution is 7.99. The zero-order valence-electron chi connectivity index (χ0n) is 14.4. The van der Waals surface area contributed by atoms with Gasteiger partial charge in [0.2, 0.25) is 5.91 Å². The lowest BCUT2D eigenvalue weighted by molar-refractivity contribution is -0.129. The summed E-state index contributed by atoms with van der Waals surface area (Å²) in [5.41, 5.74) is 5.26. The van der Waals surface area contributed by atoms with Gasteiger partial charge in [-0.15, -0.1) is 0 Å². The van der Waals surface area contributed by atoms with Crippen molar-refractivity contribution in [1.29, 1.82) is 0 Å². The summed E-state index contributed by atoms with van der Waals surface area (Å²) < 4.78 is 0. The Morgan fingerprint density at radius 3 is 2.26 bits per heavy atom. The Hall–Kier alpha value is -2.41. The van der Waals surface area contributed by atoms with Crippen molar-refractivity contribution in [3.63, 3.8) is 0 Å². The number of benzene rings is 2. The van der Waals surface area contributed by atoms with Gasteiger partial charge in [-0.25, -0.2) is 15.4 Å². The van der Waals surface area contributed by atoms with E-state index in [9.17, 15) is 4.79 Å². The molecule has 3 rings (SSSR count). The summed E-state index contributed by atoms with van der Waals surface area (Å²) in [5.74, 6) is 0.280. The van der Waals surface area contributed by atoms with E-state index in [0.29, 0.717) is 22.4 Å². The third-order valence-corrected chi connectivity index (χ3v) is 5.00. The number of hydrogen-bond donors (Lipinski definition) is 2. The second-order valence-corrected chi connectivity index (χ2v) is 7.28. The topological polar surface area (TPSA) is 75.1 Å². The lowest BCUT2D eigenvalue weighted by Gasteiger charge is -2.09. The molecule has 0 saturated carbocycles. The summed E-state index contributed by atoms with van der Waals surface area (Å²) in [6.07, 6.45) is 0.873. The number of nitrogens with zero attached hydrogens (tertiary/aromatic N) is 2. The van der Waals surface area contributed by atoms with Crippen LogP contribution in [0.15, 0.2) is 65.8 Å². The fourth-order valence-corrected chi connectivity index (χ4v) is 3.39. The first-order valence-corrected chi connectivity index (χ1v) is 9.78.